The Morgan fingerprint density at radius 1 is 0.909 bits per heavy atom. The number of benzene rings is 3. The molecule has 1 unspecified atom stereocenters. The van der Waals surface area contributed by atoms with Crippen LogP contribution in [-0.2, 0) is 14.8 Å². The van der Waals surface area contributed by atoms with E-state index in [0.29, 0.717) is 30.9 Å². The lowest BCUT2D eigenvalue weighted by molar-refractivity contribution is -0.122. The van der Waals surface area contributed by atoms with Gasteiger partial charge in [0, 0.05) is 18.8 Å². The van der Waals surface area contributed by atoms with E-state index in [9.17, 15) is 13.2 Å². The number of ether oxygens (including phenoxy) is 1. The molecule has 1 atom stereocenters. The predicted octanol–water partition coefficient (Wildman–Crippen LogP) is 4.93. The molecule has 1 amide bonds. The third kappa shape index (κ3) is 5.43. The fraction of sp³-hybridized carbons (Fsp3) is 0.269. The molecule has 0 radical (unpaired) electrons. The standard InChI is InChI=1S/C26H28N2O4S/c1-2-25(32-23-14-10-21(11-15-23)20-8-4-3-5-9-20)26(29)27-22-12-16-24(17-13-22)33(30,31)28-18-6-7-19-28/h3-5,8-17,25H,2,6-7,18-19H2,1H3,(H,27,29). The van der Waals surface area contributed by atoms with Gasteiger partial charge in [0.05, 0.1) is 4.90 Å². The van der Waals surface area contributed by atoms with E-state index in [4.69, 9.17) is 4.74 Å². The van der Waals surface area contributed by atoms with Crippen LogP contribution >= 0.6 is 0 Å². The van der Waals surface area contributed by atoms with Gasteiger partial charge in [0.2, 0.25) is 10.0 Å². The molecule has 3 aromatic carbocycles. The van der Waals surface area contributed by atoms with Gasteiger partial charge < -0.3 is 10.1 Å². The Bertz CT molecular complexity index is 1170. The molecule has 0 spiro atoms. The summed E-state index contributed by atoms with van der Waals surface area (Å²) in [6.07, 6.45) is 1.61. The number of rotatable bonds is 8. The van der Waals surface area contributed by atoms with Gasteiger partial charge in [0.15, 0.2) is 6.10 Å². The van der Waals surface area contributed by atoms with E-state index in [2.05, 4.69) is 5.32 Å². The molecule has 1 saturated heterocycles. The Labute approximate surface area is 195 Å². The molecule has 172 valence electrons. The average Bonchev–Trinajstić information content (AvgIpc) is 3.40. The van der Waals surface area contributed by atoms with Gasteiger partial charge in [-0.2, -0.15) is 4.31 Å². The summed E-state index contributed by atoms with van der Waals surface area (Å²) in [5, 5.41) is 2.83. The number of nitrogens with zero attached hydrogens (tertiary/aromatic N) is 1. The summed E-state index contributed by atoms with van der Waals surface area (Å²) in [6, 6.07) is 24.0. The molecule has 33 heavy (non-hydrogen) atoms. The fourth-order valence-electron chi connectivity index (χ4n) is 3.85. The van der Waals surface area contributed by atoms with Crippen molar-refractivity contribution in [2.75, 3.05) is 18.4 Å². The van der Waals surface area contributed by atoms with Gasteiger partial charge >= 0.3 is 0 Å². The second-order valence-electron chi connectivity index (χ2n) is 8.03. The van der Waals surface area contributed by atoms with Crippen LogP contribution in [0, 0.1) is 0 Å². The summed E-state index contributed by atoms with van der Waals surface area (Å²) in [6.45, 7) is 3.00. The highest BCUT2D eigenvalue weighted by atomic mass is 32.2. The largest absolute Gasteiger partial charge is 0.481 e. The zero-order chi connectivity index (χ0) is 23.3. The molecule has 1 heterocycles. The molecule has 7 heteroatoms. The minimum Gasteiger partial charge on any atom is -0.481 e. The van der Waals surface area contributed by atoms with Gasteiger partial charge in [0.25, 0.3) is 5.91 Å². The first-order valence-corrected chi connectivity index (χ1v) is 12.6. The smallest absolute Gasteiger partial charge is 0.265 e. The van der Waals surface area contributed by atoms with Crippen LogP contribution in [0.5, 0.6) is 5.75 Å². The van der Waals surface area contributed by atoms with E-state index >= 15 is 0 Å². The first-order valence-electron chi connectivity index (χ1n) is 11.2. The predicted molar refractivity (Wildman–Crippen MR) is 130 cm³/mol. The quantitative estimate of drug-likeness (QED) is 0.513. The lowest BCUT2D eigenvalue weighted by Crippen LogP contribution is -2.32. The van der Waals surface area contributed by atoms with Crippen molar-refractivity contribution >= 4 is 21.6 Å². The second-order valence-corrected chi connectivity index (χ2v) is 9.97. The number of nitrogens with one attached hydrogen (secondary N) is 1. The molecule has 1 aliphatic rings. The van der Waals surface area contributed by atoms with Gasteiger partial charge in [-0.15, -0.1) is 0 Å². The Morgan fingerprint density at radius 2 is 1.52 bits per heavy atom. The van der Waals surface area contributed by atoms with Crippen LogP contribution in [0.25, 0.3) is 11.1 Å². The number of sulfonamides is 1. The molecule has 3 aromatic rings. The van der Waals surface area contributed by atoms with Gasteiger partial charge in [0.1, 0.15) is 5.75 Å². The van der Waals surface area contributed by atoms with Crippen molar-refractivity contribution in [3.8, 4) is 16.9 Å². The van der Waals surface area contributed by atoms with Crippen molar-refractivity contribution in [2.45, 2.75) is 37.2 Å². The summed E-state index contributed by atoms with van der Waals surface area (Å²) in [5.74, 6) is 0.337. The maximum atomic E-state index is 12.8. The highest BCUT2D eigenvalue weighted by molar-refractivity contribution is 7.89. The minimum absolute atomic E-state index is 0.240. The molecule has 0 aromatic heterocycles. The number of hydrogen-bond acceptors (Lipinski definition) is 4. The van der Waals surface area contributed by atoms with E-state index in [1.807, 2.05) is 61.5 Å². The van der Waals surface area contributed by atoms with E-state index in [-0.39, 0.29) is 10.8 Å². The zero-order valence-corrected chi connectivity index (χ0v) is 19.4. The molecule has 6 nitrogen and oxygen atoms in total. The molecule has 1 N–H and O–H groups in total. The Morgan fingerprint density at radius 3 is 2.12 bits per heavy atom. The third-order valence-electron chi connectivity index (χ3n) is 5.73. The molecule has 0 aliphatic carbocycles. The van der Waals surface area contributed by atoms with Crippen LogP contribution < -0.4 is 10.1 Å². The van der Waals surface area contributed by atoms with Crippen LogP contribution in [-0.4, -0.2) is 37.8 Å². The zero-order valence-electron chi connectivity index (χ0n) is 18.6. The number of carbonyl (C=O) groups excluding carboxylic acids is 1. The summed E-state index contributed by atoms with van der Waals surface area (Å²) >= 11 is 0. The van der Waals surface area contributed by atoms with Crippen molar-refractivity contribution in [3.05, 3.63) is 78.9 Å². The van der Waals surface area contributed by atoms with E-state index in [1.54, 1.807) is 12.1 Å². The minimum atomic E-state index is -3.47. The summed E-state index contributed by atoms with van der Waals surface area (Å²) in [5.41, 5.74) is 2.72. The number of carbonyl (C=O) groups is 1. The number of anilines is 1. The summed E-state index contributed by atoms with van der Waals surface area (Å²) < 4.78 is 32.7. The third-order valence-corrected chi connectivity index (χ3v) is 7.64. The molecule has 0 saturated carbocycles. The van der Waals surface area contributed by atoms with Gasteiger partial charge in [-0.1, -0.05) is 49.4 Å². The van der Waals surface area contributed by atoms with Gasteiger partial charge in [-0.05, 0) is 66.8 Å². The van der Waals surface area contributed by atoms with E-state index in [1.165, 1.54) is 16.4 Å². The Kier molecular flexibility index (Phi) is 7.11. The molecular formula is C26H28N2O4S. The fourth-order valence-corrected chi connectivity index (χ4v) is 5.37. The molecule has 0 bridgehead atoms. The van der Waals surface area contributed by atoms with Gasteiger partial charge in [-0.3, -0.25) is 4.79 Å². The Hall–Kier alpha value is -3.16. The monoisotopic (exact) mass is 464 g/mol. The lowest BCUT2D eigenvalue weighted by atomic mass is 10.1. The summed E-state index contributed by atoms with van der Waals surface area (Å²) in [4.78, 5) is 13.0. The molecule has 4 rings (SSSR count). The van der Waals surface area contributed by atoms with Crippen LogP contribution in [0.4, 0.5) is 5.69 Å². The number of amides is 1. The molecular weight excluding hydrogens is 436 g/mol. The van der Waals surface area contributed by atoms with Crippen molar-refractivity contribution in [1.29, 1.82) is 0 Å². The Balaban J connectivity index is 1.38. The topological polar surface area (TPSA) is 75.7 Å². The van der Waals surface area contributed by atoms with Crippen LogP contribution in [0.2, 0.25) is 0 Å². The molecule has 1 aliphatic heterocycles. The van der Waals surface area contributed by atoms with Crippen molar-refractivity contribution in [1.82, 2.24) is 4.31 Å². The van der Waals surface area contributed by atoms with Crippen LogP contribution in [0.15, 0.2) is 83.8 Å². The first kappa shape index (κ1) is 23.0. The number of hydrogen-bond donors (Lipinski definition) is 1. The summed E-state index contributed by atoms with van der Waals surface area (Å²) in [7, 11) is -3.47. The maximum absolute atomic E-state index is 12.8. The van der Waals surface area contributed by atoms with Crippen molar-refractivity contribution < 1.29 is 17.9 Å². The average molecular weight is 465 g/mol. The maximum Gasteiger partial charge on any atom is 0.265 e. The van der Waals surface area contributed by atoms with Crippen molar-refractivity contribution in [2.24, 2.45) is 0 Å². The second kappa shape index (κ2) is 10.2. The van der Waals surface area contributed by atoms with E-state index < -0.39 is 16.1 Å². The highest BCUT2D eigenvalue weighted by Crippen LogP contribution is 2.24. The van der Waals surface area contributed by atoms with Crippen LogP contribution in [0.1, 0.15) is 26.2 Å². The normalized spacial score (nSPS) is 15.2. The van der Waals surface area contributed by atoms with Crippen LogP contribution in [0.3, 0.4) is 0 Å². The first-order chi connectivity index (χ1) is 16.0. The van der Waals surface area contributed by atoms with E-state index in [0.717, 1.165) is 24.0 Å². The highest BCUT2D eigenvalue weighted by Gasteiger charge is 2.27. The molecule has 1 fully saturated rings. The lowest BCUT2D eigenvalue weighted by Gasteiger charge is -2.18. The van der Waals surface area contributed by atoms with Crippen molar-refractivity contribution in [3.63, 3.8) is 0 Å². The SMILES string of the molecule is CCC(Oc1ccc(-c2ccccc2)cc1)C(=O)Nc1ccc(S(=O)(=O)N2CCCC2)cc1. The van der Waals surface area contributed by atoms with Gasteiger partial charge in [-0.25, -0.2) is 8.42 Å².